The summed E-state index contributed by atoms with van der Waals surface area (Å²) in [6.45, 7) is 0. The second kappa shape index (κ2) is 4.85. The Labute approximate surface area is 116 Å². The molecule has 86 valence electrons. The maximum atomic E-state index is 5.78. The van der Waals surface area contributed by atoms with Crippen molar-refractivity contribution in [2.24, 2.45) is 15.7 Å². The van der Waals surface area contributed by atoms with Crippen LogP contribution in [0.2, 0.25) is 0 Å². The minimum Gasteiger partial charge on any atom is -0.335 e. The van der Waals surface area contributed by atoms with Gasteiger partial charge in [-0.05, 0) is 3.52 Å². The average molecular weight is 336 g/mol. The molecule has 1 heterocycles. The molecule has 0 aromatic heterocycles. The standard InChI is InChI=1S/C3H3Cl6N6/c4-13(5)2-11-1(10)15(8,9)3(12-2)14(6)7/h3H,(H2,10,11,12)/q+1. The number of aliphatic imine (C=N–C) groups is 2. The minimum absolute atomic E-state index is 0.137. The summed E-state index contributed by atoms with van der Waals surface area (Å²) in [5, 5.41) is 0. The summed E-state index contributed by atoms with van der Waals surface area (Å²) in [5.41, 5.74) is 5.46. The van der Waals surface area contributed by atoms with E-state index in [1.165, 1.54) is 0 Å². The third kappa shape index (κ3) is 2.83. The zero-order chi connectivity index (χ0) is 11.8. The summed E-state index contributed by atoms with van der Waals surface area (Å²) in [4.78, 5) is 7.40. The van der Waals surface area contributed by atoms with Gasteiger partial charge in [0.25, 0.3) is 5.96 Å². The van der Waals surface area contributed by atoms with Crippen LogP contribution in [0, 0.1) is 0 Å². The molecular weight excluding hydrogens is 333 g/mol. The Kier molecular flexibility index (Phi) is 4.42. The largest absolute Gasteiger partial charge is 0.343 e. The third-order valence-electron chi connectivity index (χ3n) is 1.37. The molecule has 12 heteroatoms. The monoisotopic (exact) mass is 333 g/mol. The first-order chi connectivity index (χ1) is 6.76. The van der Waals surface area contributed by atoms with E-state index in [9.17, 15) is 0 Å². The second-order valence-electron chi connectivity index (χ2n) is 2.29. The maximum absolute atomic E-state index is 5.78. The van der Waals surface area contributed by atoms with Crippen LogP contribution in [0.5, 0.6) is 0 Å². The Morgan fingerprint density at radius 2 is 1.73 bits per heavy atom. The van der Waals surface area contributed by atoms with Crippen molar-refractivity contribution < 1.29 is 3.52 Å². The van der Waals surface area contributed by atoms with Crippen LogP contribution < -0.4 is 5.73 Å². The molecule has 1 atom stereocenters. The van der Waals surface area contributed by atoms with Gasteiger partial charge in [-0.25, -0.2) is 0 Å². The number of halogens is 6. The summed E-state index contributed by atoms with van der Waals surface area (Å²) < 4.78 is 0.195. The van der Waals surface area contributed by atoms with Gasteiger partial charge in [0.15, 0.2) is 23.6 Å². The summed E-state index contributed by atoms with van der Waals surface area (Å²) in [6, 6.07) is 0. The van der Waals surface area contributed by atoms with Crippen molar-refractivity contribution in [2.45, 2.75) is 6.29 Å². The first kappa shape index (κ1) is 13.7. The number of nitrogens with zero attached hydrogens (tertiary/aromatic N) is 5. The number of hydrogen-bond acceptors (Lipinski definition) is 5. The number of quaternary nitrogens is 1. The molecule has 0 aliphatic carbocycles. The molecule has 0 fully saturated rings. The fraction of sp³-hybridized carbons (Fsp3) is 0.333. The topological polar surface area (TPSA) is 57.2 Å². The normalized spacial score (nSPS) is 24.9. The summed E-state index contributed by atoms with van der Waals surface area (Å²) in [5.74, 6) is -0.367. The van der Waals surface area contributed by atoms with Crippen LogP contribution in [-0.4, -0.2) is 29.6 Å². The van der Waals surface area contributed by atoms with Gasteiger partial charge in [0.1, 0.15) is 0 Å². The molecule has 2 N–H and O–H groups in total. The number of nitrogens with two attached hydrogens (primary N) is 1. The molecule has 1 aliphatic heterocycles. The van der Waals surface area contributed by atoms with Crippen LogP contribution in [0.3, 0.4) is 0 Å². The highest BCUT2D eigenvalue weighted by Gasteiger charge is 2.48. The van der Waals surface area contributed by atoms with E-state index in [1.54, 1.807) is 0 Å². The van der Waals surface area contributed by atoms with E-state index in [-0.39, 0.29) is 11.9 Å². The summed E-state index contributed by atoms with van der Waals surface area (Å²) in [7, 11) is 0. The molecule has 15 heavy (non-hydrogen) atoms. The van der Waals surface area contributed by atoms with Gasteiger partial charge in [0.05, 0.1) is 0 Å². The quantitative estimate of drug-likeness (QED) is 0.748. The fourth-order valence-corrected chi connectivity index (χ4v) is 1.75. The van der Waals surface area contributed by atoms with Gasteiger partial charge in [-0.3, -0.25) is 0 Å². The molecule has 0 saturated carbocycles. The maximum Gasteiger partial charge on any atom is 0.343 e. The van der Waals surface area contributed by atoms with Gasteiger partial charge in [0, 0.05) is 47.1 Å². The van der Waals surface area contributed by atoms with E-state index in [1.807, 2.05) is 0 Å². The Morgan fingerprint density at radius 3 is 2.13 bits per heavy atom. The van der Waals surface area contributed by atoms with E-state index in [2.05, 4.69) is 9.98 Å². The van der Waals surface area contributed by atoms with Crippen LogP contribution in [0.15, 0.2) is 9.98 Å². The SMILES string of the molecule is NC1=NC(N(Cl)Cl)=NC(N(Cl)Cl)[N+]1(Cl)Cl. The van der Waals surface area contributed by atoms with Crippen molar-refractivity contribution in [1.29, 1.82) is 0 Å². The van der Waals surface area contributed by atoms with Crippen molar-refractivity contribution in [1.82, 2.24) is 7.88 Å². The first-order valence-electron chi connectivity index (χ1n) is 3.20. The first-order valence-corrected chi connectivity index (χ1v) is 5.22. The predicted molar refractivity (Wildman–Crippen MR) is 61.9 cm³/mol. The van der Waals surface area contributed by atoms with E-state index in [0.29, 0.717) is 7.88 Å². The molecule has 1 rings (SSSR count). The van der Waals surface area contributed by atoms with E-state index in [4.69, 9.17) is 76.4 Å². The molecule has 0 bridgehead atoms. The van der Waals surface area contributed by atoms with Gasteiger partial charge >= 0.3 is 12.2 Å². The van der Waals surface area contributed by atoms with Gasteiger partial charge in [-0.1, -0.05) is 3.94 Å². The lowest BCUT2D eigenvalue weighted by Gasteiger charge is -2.28. The van der Waals surface area contributed by atoms with Crippen LogP contribution in [0.4, 0.5) is 0 Å². The molecular formula is C3H3Cl6N6+. The van der Waals surface area contributed by atoms with E-state index >= 15 is 0 Å². The van der Waals surface area contributed by atoms with Crippen LogP contribution >= 0.6 is 70.7 Å². The number of rotatable bonds is 1. The van der Waals surface area contributed by atoms with Gasteiger partial charge < -0.3 is 5.73 Å². The summed E-state index contributed by atoms with van der Waals surface area (Å²) >= 11 is 33.3. The van der Waals surface area contributed by atoms with Crippen molar-refractivity contribution in [2.75, 3.05) is 0 Å². The molecule has 0 aromatic carbocycles. The van der Waals surface area contributed by atoms with Crippen molar-refractivity contribution >= 4 is 82.6 Å². The zero-order valence-electron chi connectivity index (χ0n) is 6.66. The van der Waals surface area contributed by atoms with Gasteiger partial charge in [0.2, 0.25) is 0 Å². The van der Waals surface area contributed by atoms with Crippen molar-refractivity contribution in [3.8, 4) is 0 Å². The second-order valence-corrected chi connectivity index (χ2v) is 5.28. The van der Waals surface area contributed by atoms with Gasteiger partial charge in [-0.15, -0.1) is 4.99 Å². The lowest BCUT2D eigenvalue weighted by molar-refractivity contribution is -0.634. The van der Waals surface area contributed by atoms with Crippen LogP contribution in [0.1, 0.15) is 0 Å². The number of guanidine groups is 2. The Balaban J connectivity index is 3.11. The molecule has 0 saturated heterocycles. The molecule has 0 radical (unpaired) electrons. The Bertz CT molecular complexity index is 310. The lowest BCUT2D eigenvalue weighted by Crippen LogP contribution is -2.54. The smallest absolute Gasteiger partial charge is 0.335 e. The van der Waals surface area contributed by atoms with Crippen molar-refractivity contribution in [3.05, 3.63) is 0 Å². The van der Waals surface area contributed by atoms with Gasteiger partial charge in [-0.2, -0.15) is 8.93 Å². The summed E-state index contributed by atoms with van der Waals surface area (Å²) in [6.07, 6.45) is -1.14. The predicted octanol–water partition coefficient (Wildman–Crippen LogP) is 2.30. The Morgan fingerprint density at radius 1 is 1.20 bits per heavy atom. The minimum atomic E-state index is -1.14. The van der Waals surface area contributed by atoms with Crippen LogP contribution in [0.25, 0.3) is 0 Å². The molecule has 0 amide bonds. The van der Waals surface area contributed by atoms with Crippen LogP contribution in [-0.2, 0) is 0 Å². The highest BCUT2D eigenvalue weighted by Crippen LogP contribution is 2.32. The highest BCUT2D eigenvalue weighted by molar-refractivity contribution is 6.43. The fourth-order valence-electron chi connectivity index (χ4n) is 0.727. The van der Waals surface area contributed by atoms with E-state index in [0.717, 1.165) is 0 Å². The molecule has 1 aliphatic rings. The molecule has 6 nitrogen and oxygen atoms in total. The average Bonchev–Trinajstić information content (AvgIpc) is 2.08. The molecule has 0 spiro atoms. The van der Waals surface area contributed by atoms with E-state index < -0.39 is 9.81 Å². The third-order valence-corrected chi connectivity index (χ3v) is 2.71. The van der Waals surface area contributed by atoms with Crippen molar-refractivity contribution in [3.63, 3.8) is 0 Å². The molecule has 1 unspecified atom stereocenters. The molecule has 0 aromatic rings. The zero-order valence-corrected chi connectivity index (χ0v) is 11.2. The highest BCUT2D eigenvalue weighted by atomic mass is 35.6. The lowest BCUT2D eigenvalue weighted by atomic mass is 10.7. The number of hydrogen-bond donors (Lipinski definition) is 1. The Hall–Kier alpha value is 0.600.